The van der Waals surface area contributed by atoms with Crippen LogP contribution in [-0.4, -0.2) is 18.4 Å². The second-order valence-corrected chi connectivity index (χ2v) is 7.06. The molecule has 1 aliphatic rings. The highest BCUT2D eigenvalue weighted by molar-refractivity contribution is 9.10. The summed E-state index contributed by atoms with van der Waals surface area (Å²) in [4.78, 5) is 26.6. The number of hydrogen-bond acceptors (Lipinski definition) is 3. The quantitative estimate of drug-likeness (QED) is 0.869. The first kappa shape index (κ1) is 15.2. The summed E-state index contributed by atoms with van der Waals surface area (Å²) in [5.41, 5.74) is 2.62. The summed E-state index contributed by atoms with van der Waals surface area (Å²) in [7, 11) is 0. The van der Waals surface area contributed by atoms with Crippen molar-refractivity contribution < 1.29 is 9.59 Å². The van der Waals surface area contributed by atoms with Gasteiger partial charge in [0.05, 0.1) is 4.88 Å². The predicted octanol–water partition coefficient (Wildman–Crippen LogP) is 4.20. The zero-order valence-electron chi connectivity index (χ0n) is 12.1. The van der Waals surface area contributed by atoms with Gasteiger partial charge in [0.25, 0.3) is 5.91 Å². The lowest BCUT2D eigenvalue weighted by molar-refractivity contribution is -0.117. The number of nitrogens with one attached hydrogen (secondary N) is 1. The second kappa shape index (κ2) is 6.22. The summed E-state index contributed by atoms with van der Waals surface area (Å²) in [6, 6.07) is 7.46. The van der Waals surface area contributed by atoms with Gasteiger partial charge >= 0.3 is 0 Å². The molecule has 0 bridgehead atoms. The van der Waals surface area contributed by atoms with Crippen LogP contribution in [0.25, 0.3) is 0 Å². The number of carbonyl (C=O) groups is 2. The Labute approximate surface area is 141 Å². The molecule has 2 heterocycles. The van der Waals surface area contributed by atoms with Crippen molar-refractivity contribution in [3.05, 3.63) is 44.6 Å². The van der Waals surface area contributed by atoms with Gasteiger partial charge in [0, 0.05) is 34.2 Å². The number of anilines is 2. The molecular formula is C16H15BrN2O2S. The van der Waals surface area contributed by atoms with Gasteiger partial charge in [0.1, 0.15) is 0 Å². The third-order valence-electron chi connectivity index (χ3n) is 3.62. The van der Waals surface area contributed by atoms with E-state index in [1.165, 1.54) is 11.3 Å². The first-order valence-electron chi connectivity index (χ1n) is 7.01. The van der Waals surface area contributed by atoms with E-state index in [-0.39, 0.29) is 11.8 Å². The summed E-state index contributed by atoms with van der Waals surface area (Å²) in [5, 5.41) is 4.76. The lowest BCUT2D eigenvalue weighted by Crippen LogP contribution is -2.24. The highest BCUT2D eigenvalue weighted by atomic mass is 79.9. The number of nitrogens with zero attached hydrogens (tertiary/aromatic N) is 1. The van der Waals surface area contributed by atoms with E-state index in [2.05, 4.69) is 21.2 Å². The average molecular weight is 379 g/mol. The lowest BCUT2D eigenvalue weighted by Gasteiger charge is -2.19. The van der Waals surface area contributed by atoms with Gasteiger partial charge in [0.2, 0.25) is 5.91 Å². The van der Waals surface area contributed by atoms with Gasteiger partial charge in [-0.3, -0.25) is 9.59 Å². The van der Waals surface area contributed by atoms with Crippen LogP contribution in [0, 0.1) is 6.92 Å². The van der Waals surface area contributed by atoms with Crippen molar-refractivity contribution in [2.75, 3.05) is 16.8 Å². The third kappa shape index (κ3) is 3.08. The van der Waals surface area contributed by atoms with Gasteiger partial charge in [-0.15, -0.1) is 11.3 Å². The molecule has 2 amide bonds. The van der Waals surface area contributed by atoms with E-state index in [4.69, 9.17) is 0 Å². The molecule has 1 aromatic heterocycles. The van der Waals surface area contributed by atoms with Gasteiger partial charge in [-0.25, -0.2) is 0 Å². The van der Waals surface area contributed by atoms with Gasteiger partial charge < -0.3 is 10.2 Å². The first-order chi connectivity index (χ1) is 10.5. The van der Waals surface area contributed by atoms with Crippen LogP contribution in [0.4, 0.5) is 11.4 Å². The number of thiophene rings is 1. The fourth-order valence-electron chi connectivity index (χ4n) is 2.51. The van der Waals surface area contributed by atoms with E-state index in [0.717, 1.165) is 28.7 Å². The monoisotopic (exact) mass is 378 g/mol. The number of aryl methyl sites for hydroxylation is 1. The summed E-state index contributed by atoms with van der Waals surface area (Å²) in [6.07, 6.45) is 1.48. The number of amides is 2. The van der Waals surface area contributed by atoms with Crippen LogP contribution in [0.1, 0.15) is 28.1 Å². The molecule has 0 atom stereocenters. The van der Waals surface area contributed by atoms with Crippen LogP contribution < -0.4 is 10.2 Å². The summed E-state index contributed by atoms with van der Waals surface area (Å²) in [6.45, 7) is 2.72. The van der Waals surface area contributed by atoms with E-state index in [0.29, 0.717) is 17.0 Å². The van der Waals surface area contributed by atoms with E-state index in [1.807, 2.05) is 30.5 Å². The molecule has 6 heteroatoms. The number of rotatable bonds is 3. The molecule has 22 heavy (non-hydrogen) atoms. The number of carbonyl (C=O) groups excluding carboxylic acids is 2. The Morgan fingerprint density at radius 3 is 2.82 bits per heavy atom. The van der Waals surface area contributed by atoms with Crippen LogP contribution >= 0.6 is 27.3 Å². The van der Waals surface area contributed by atoms with Crippen molar-refractivity contribution in [1.82, 2.24) is 0 Å². The van der Waals surface area contributed by atoms with Crippen molar-refractivity contribution >= 4 is 50.5 Å². The lowest BCUT2D eigenvalue weighted by atomic mass is 10.1. The molecule has 2 aromatic rings. The van der Waals surface area contributed by atoms with Crippen LogP contribution in [0.3, 0.4) is 0 Å². The predicted molar refractivity (Wildman–Crippen MR) is 92.7 cm³/mol. The van der Waals surface area contributed by atoms with E-state index in [9.17, 15) is 9.59 Å². The Morgan fingerprint density at radius 2 is 2.18 bits per heavy atom. The van der Waals surface area contributed by atoms with Crippen LogP contribution in [0.2, 0.25) is 0 Å². The van der Waals surface area contributed by atoms with Gasteiger partial charge in [-0.05, 0) is 53.0 Å². The Morgan fingerprint density at radius 1 is 1.36 bits per heavy atom. The Hall–Kier alpha value is -1.66. The fraction of sp³-hybridized carbons (Fsp3) is 0.250. The zero-order chi connectivity index (χ0) is 15.7. The molecule has 4 nitrogen and oxygen atoms in total. The van der Waals surface area contributed by atoms with E-state index >= 15 is 0 Å². The molecule has 1 saturated heterocycles. The molecule has 1 aliphatic heterocycles. The maximum absolute atomic E-state index is 12.2. The molecule has 1 fully saturated rings. The van der Waals surface area contributed by atoms with Crippen molar-refractivity contribution in [3.63, 3.8) is 0 Å². The molecule has 1 aromatic carbocycles. The zero-order valence-corrected chi connectivity index (χ0v) is 14.5. The highest BCUT2D eigenvalue weighted by Gasteiger charge is 2.23. The number of benzene rings is 1. The molecule has 114 valence electrons. The number of halogens is 1. The summed E-state index contributed by atoms with van der Waals surface area (Å²) >= 11 is 4.73. The maximum atomic E-state index is 12.2. The standard InChI is InChI=1S/C16H15BrN2O2S/c1-10-4-5-12(8-13(10)19-6-2-3-15(19)20)18-16(21)14-7-11(17)9-22-14/h4-5,7-9H,2-3,6H2,1H3,(H,18,21). The molecular weight excluding hydrogens is 364 g/mol. The SMILES string of the molecule is Cc1ccc(NC(=O)c2cc(Br)cs2)cc1N1CCCC1=O. The Bertz CT molecular complexity index is 741. The molecule has 0 spiro atoms. The molecule has 1 N–H and O–H groups in total. The van der Waals surface area contributed by atoms with Gasteiger partial charge in [0.15, 0.2) is 0 Å². The van der Waals surface area contributed by atoms with Gasteiger partial charge in [-0.1, -0.05) is 6.07 Å². The van der Waals surface area contributed by atoms with E-state index < -0.39 is 0 Å². The van der Waals surface area contributed by atoms with Crippen LogP contribution in [0.5, 0.6) is 0 Å². The molecule has 0 aliphatic carbocycles. The first-order valence-corrected chi connectivity index (χ1v) is 8.68. The minimum Gasteiger partial charge on any atom is -0.321 e. The maximum Gasteiger partial charge on any atom is 0.265 e. The summed E-state index contributed by atoms with van der Waals surface area (Å²) in [5.74, 6) is 0.00650. The van der Waals surface area contributed by atoms with E-state index in [1.54, 1.807) is 11.0 Å². The topological polar surface area (TPSA) is 49.4 Å². The van der Waals surface area contributed by atoms with Crippen molar-refractivity contribution in [3.8, 4) is 0 Å². The normalized spacial score (nSPS) is 14.5. The number of hydrogen-bond donors (Lipinski definition) is 1. The Balaban J connectivity index is 1.83. The summed E-state index contributed by atoms with van der Waals surface area (Å²) < 4.78 is 0.898. The fourth-order valence-corrected chi connectivity index (χ4v) is 3.83. The molecule has 0 saturated carbocycles. The minimum absolute atomic E-state index is 0.141. The van der Waals surface area contributed by atoms with Crippen molar-refractivity contribution in [1.29, 1.82) is 0 Å². The third-order valence-corrected chi connectivity index (χ3v) is 5.31. The molecule has 0 radical (unpaired) electrons. The average Bonchev–Trinajstić information content (AvgIpc) is 3.10. The molecule has 0 unspecified atom stereocenters. The minimum atomic E-state index is -0.141. The highest BCUT2D eigenvalue weighted by Crippen LogP contribution is 2.29. The van der Waals surface area contributed by atoms with Gasteiger partial charge in [-0.2, -0.15) is 0 Å². The smallest absolute Gasteiger partial charge is 0.265 e. The second-order valence-electron chi connectivity index (χ2n) is 5.23. The van der Waals surface area contributed by atoms with Crippen LogP contribution in [-0.2, 0) is 4.79 Å². The van der Waals surface area contributed by atoms with Crippen molar-refractivity contribution in [2.24, 2.45) is 0 Å². The largest absolute Gasteiger partial charge is 0.321 e. The van der Waals surface area contributed by atoms with Crippen molar-refractivity contribution in [2.45, 2.75) is 19.8 Å². The molecule has 3 rings (SSSR count). The van der Waals surface area contributed by atoms with Crippen LogP contribution in [0.15, 0.2) is 34.1 Å². The Kier molecular flexibility index (Phi) is 4.31.